The zero-order valence-corrected chi connectivity index (χ0v) is 15.8. The van der Waals surface area contributed by atoms with Crippen molar-refractivity contribution in [3.05, 3.63) is 76.7 Å². The second kappa shape index (κ2) is 7.58. The number of carbonyl (C=O) groups is 1. The number of anilines is 1. The van der Waals surface area contributed by atoms with Crippen LogP contribution in [0, 0.1) is 11.6 Å². The van der Waals surface area contributed by atoms with Crippen LogP contribution in [0.5, 0.6) is 0 Å². The highest BCUT2D eigenvalue weighted by Gasteiger charge is 2.36. The molecule has 0 saturated carbocycles. The van der Waals surface area contributed by atoms with E-state index in [0.717, 1.165) is 30.3 Å². The van der Waals surface area contributed by atoms with Gasteiger partial charge in [0.1, 0.15) is 11.6 Å². The number of carbonyl (C=O) groups excluding carboxylic acids is 1. The fourth-order valence-electron chi connectivity index (χ4n) is 2.70. The predicted molar refractivity (Wildman–Crippen MR) is 101 cm³/mol. The van der Waals surface area contributed by atoms with Gasteiger partial charge in [0.05, 0.1) is 10.7 Å². The molecule has 2 aromatic heterocycles. The van der Waals surface area contributed by atoms with Crippen LogP contribution in [0.1, 0.15) is 16.3 Å². The molecule has 4 aromatic rings. The average Bonchev–Trinajstić information content (AvgIpc) is 3.14. The molecule has 0 radical (unpaired) electrons. The number of halogens is 6. The molecule has 0 bridgehead atoms. The Hall–Kier alpha value is -3.60. The van der Waals surface area contributed by atoms with E-state index in [-0.39, 0.29) is 22.0 Å². The molecule has 0 unspecified atom stereocenters. The Kier molecular flexibility index (Phi) is 5.05. The molecule has 2 heterocycles. The van der Waals surface area contributed by atoms with E-state index in [2.05, 4.69) is 20.4 Å². The summed E-state index contributed by atoms with van der Waals surface area (Å²) in [6.45, 7) is 0. The molecule has 0 aliphatic rings. The van der Waals surface area contributed by atoms with Crippen LogP contribution in [0.15, 0.2) is 48.5 Å². The van der Waals surface area contributed by atoms with Crippen LogP contribution in [0.3, 0.4) is 0 Å². The van der Waals surface area contributed by atoms with Gasteiger partial charge in [-0.25, -0.2) is 13.8 Å². The summed E-state index contributed by atoms with van der Waals surface area (Å²) in [5.41, 5.74) is -1.06. The highest BCUT2D eigenvalue weighted by atomic mass is 35.5. The van der Waals surface area contributed by atoms with Crippen LogP contribution >= 0.6 is 11.6 Å². The van der Waals surface area contributed by atoms with Crippen molar-refractivity contribution in [1.29, 1.82) is 0 Å². The van der Waals surface area contributed by atoms with E-state index in [9.17, 15) is 26.7 Å². The summed E-state index contributed by atoms with van der Waals surface area (Å²) < 4.78 is 67.5. The van der Waals surface area contributed by atoms with Gasteiger partial charge in [0, 0.05) is 11.3 Å². The zero-order valence-electron chi connectivity index (χ0n) is 15.1. The van der Waals surface area contributed by atoms with E-state index in [4.69, 9.17) is 11.6 Å². The van der Waals surface area contributed by atoms with Gasteiger partial charge in [-0.1, -0.05) is 11.6 Å². The normalized spacial score (nSPS) is 11.7. The molecule has 0 aliphatic heterocycles. The molecule has 0 atom stereocenters. The van der Waals surface area contributed by atoms with E-state index in [0.29, 0.717) is 4.52 Å². The molecule has 0 saturated heterocycles. The number of nitrogens with zero attached hydrogens (tertiary/aromatic N) is 4. The molecule has 1 N–H and O–H groups in total. The molecule has 12 heteroatoms. The fraction of sp³-hybridized carbons (Fsp3) is 0.0526. The number of fused-ring (bicyclic) bond motifs is 1. The standard InChI is InChI=1S/C19H9ClF5N5O/c20-12-7-11(5-6-13(12)22)26-17(31)16-28-18-27-14(9-1-3-10(21)4-2-9)8-15(19(23,24)25)30(18)29-16/h1-8H,(H,26,31). The lowest BCUT2D eigenvalue weighted by Crippen LogP contribution is -2.16. The monoisotopic (exact) mass is 453 g/mol. The topological polar surface area (TPSA) is 72.2 Å². The number of alkyl halides is 3. The summed E-state index contributed by atoms with van der Waals surface area (Å²) in [6.07, 6.45) is -4.85. The first-order valence-corrected chi connectivity index (χ1v) is 8.87. The lowest BCUT2D eigenvalue weighted by Gasteiger charge is -2.10. The van der Waals surface area contributed by atoms with Crippen molar-refractivity contribution in [3.8, 4) is 11.3 Å². The first-order valence-electron chi connectivity index (χ1n) is 8.49. The van der Waals surface area contributed by atoms with Gasteiger partial charge in [0.2, 0.25) is 5.82 Å². The van der Waals surface area contributed by atoms with Gasteiger partial charge in [-0.15, -0.1) is 5.10 Å². The van der Waals surface area contributed by atoms with E-state index >= 15 is 0 Å². The summed E-state index contributed by atoms with van der Waals surface area (Å²) in [4.78, 5) is 20.2. The zero-order chi connectivity index (χ0) is 22.3. The van der Waals surface area contributed by atoms with Crippen LogP contribution in [0.2, 0.25) is 5.02 Å². The average molecular weight is 454 g/mol. The van der Waals surface area contributed by atoms with Crippen LogP contribution in [0.4, 0.5) is 27.6 Å². The summed E-state index contributed by atoms with van der Waals surface area (Å²) in [5.74, 6) is -3.32. The van der Waals surface area contributed by atoms with Crippen molar-refractivity contribution in [1.82, 2.24) is 19.6 Å². The maximum atomic E-state index is 13.6. The molecule has 0 aliphatic carbocycles. The van der Waals surface area contributed by atoms with Crippen LogP contribution in [-0.4, -0.2) is 25.5 Å². The third-order valence-corrected chi connectivity index (χ3v) is 4.41. The van der Waals surface area contributed by atoms with Gasteiger partial charge in [-0.2, -0.15) is 22.7 Å². The number of hydrogen-bond donors (Lipinski definition) is 1. The molecular weight excluding hydrogens is 445 g/mol. The first kappa shape index (κ1) is 20.7. The number of rotatable bonds is 3. The van der Waals surface area contributed by atoms with Gasteiger partial charge in [-0.3, -0.25) is 4.79 Å². The Balaban J connectivity index is 1.77. The minimum atomic E-state index is -4.85. The maximum absolute atomic E-state index is 13.6. The molecule has 1 amide bonds. The first-order chi connectivity index (χ1) is 14.6. The number of nitrogens with one attached hydrogen (secondary N) is 1. The maximum Gasteiger partial charge on any atom is 0.433 e. The Morgan fingerprint density at radius 3 is 2.35 bits per heavy atom. The highest BCUT2D eigenvalue weighted by molar-refractivity contribution is 6.31. The Bertz CT molecular complexity index is 1300. The van der Waals surface area contributed by atoms with Crippen molar-refractivity contribution < 1.29 is 26.7 Å². The lowest BCUT2D eigenvalue weighted by molar-refractivity contribution is -0.142. The number of benzene rings is 2. The molecule has 0 fully saturated rings. The highest BCUT2D eigenvalue weighted by Crippen LogP contribution is 2.32. The molecule has 158 valence electrons. The molecule has 0 spiro atoms. The fourth-order valence-corrected chi connectivity index (χ4v) is 2.88. The largest absolute Gasteiger partial charge is 0.433 e. The van der Waals surface area contributed by atoms with Crippen molar-refractivity contribution in [2.45, 2.75) is 6.18 Å². The number of amides is 1. The van der Waals surface area contributed by atoms with Crippen molar-refractivity contribution in [3.63, 3.8) is 0 Å². The van der Waals surface area contributed by atoms with Gasteiger partial charge >= 0.3 is 6.18 Å². The van der Waals surface area contributed by atoms with Crippen LogP contribution in [0.25, 0.3) is 17.0 Å². The number of aromatic nitrogens is 4. The van der Waals surface area contributed by atoms with E-state index in [1.807, 2.05) is 0 Å². The van der Waals surface area contributed by atoms with Crippen LogP contribution < -0.4 is 5.32 Å². The van der Waals surface area contributed by atoms with Crippen LogP contribution in [-0.2, 0) is 6.18 Å². The molecular formula is C19H9ClF5N5O. The van der Waals surface area contributed by atoms with E-state index < -0.39 is 41.0 Å². The minimum Gasteiger partial charge on any atom is -0.319 e. The molecule has 4 rings (SSSR count). The Morgan fingerprint density at radius 2 is 1.71 bits per heavy atom. The van der Waals surface area contributed by atoms with Crippen molar-refractivity contribution >= 4 is 29.0 Å². The quantitative estimate of drug-likeness (QED) is 0.443. The lowest BCUT2D eigenvalue weighted by atomic mass is 10.1. The van der Waals surface area contributed by atoms with E-state index in [1.54, 1.807) is 0 Å². The Morgan fingerprint density at radius 1 is 1.00 bits per heavy atom. The summed E-state index contributed by atoms with van der Waals surface area (Å²) >= 11 is 5.64. The molecule has 6 nitrogen and oxygen atoms in total. The van der Waals surface area contributed by atoms with Crippen molar-refractivity contribution in [2.24, 2.45) is 0 Å². The van der Waals surface area contributed by atoms with Gasteiger partial charge in [0.25, 0.3) is 11.7 Å². The Labute approximate surface area is 175 Å². The third kappa shape index (κ3) is 4.17. The molecule has 2 aromatic carbocycles. The number of hydrogen-bond acceptors (Lipinski definition) is 4. The van der Waals surface area contributed by atoms with Gasteiger partial charge in [-0.05, 0) is 48.5 Å². The summed E-state index contributed by atoms with van der Waals surface area (Å²) in [5, 5.41) is 5.67. The van der Waals surface area contributed by atoms with Gasteiger partial charge < -0.3 is 5.32 Å². The smallest absolute Gasteiger partial charge is 0.319 e. The summed E-state index contributed by atoms with van der Waals surface area (Å²) in [7, 11) is 0. The SMILES string of the molecule is O=C(Nc1ccc(F)c(Cl)c1)c1nc2nc(-c3ccc(F)cc3)cc(C(F)(F)F)n2n1. The van der Waals surface area contributed by atoms with E-state index in [1.165, 1.54) is 18.2 Å². The van der Waals surface area contributed by atoms with Gasteiger partial charge in [0.15, 0.2) is 5.69 Å². The second-order valence-corrected chi connectivity index (χ2v) is 6.67. The van der Waals surface area contributed by atoms with Crippen molar-refractivity contribution in [2.75, 3.05) is 5.32 Å². The third-order valence-electron chi connectivity index (χ3n) is 4.12. The minimum absolute atomic E-state index is 0.0891. The predicted octanol–water partition coefficient (Wildman–Crippen LogP) is 4.99. The summed E-state index contributed by atoms with van der Waals surface area (Å²) in [6, 6.07) is 8.73. The molecule has 31 heavy (non-hydrogen) atoms. The second-order valence-electron chi connectivity index (χ2n) is 6.26.